The Balaban J connectivity index is 2.14. The second kappa shape index (κ2) is 8.97. The minimum atomic E-state index is -1.24. The summed E-state index contributed by atoms with van der Waals surface area (Å²) < 4.78 is 43.1. The number of halogens is 3. The number of phenolic OH excluding ortho intramolecular Hbond substituents is 1. The van der Waals surface area contributed by atoms with Gasteiger partial charge in [0.15, 0.2) is 23.2 Å². The second-order valence-electron chi connectivity index (χ2n) is 7.77. The average molecular weight is 462 g/mol. The number of aliphatic carboxylic acids is 1. The number of phenols is 1. The van der Waals surface area contributed by atoms with Crippen LogP contribution < -0.4 is 5.32 Å². The molecule has 1 aromatic heterocycles. The van der Waals surface area contributed by atoms with Crippen LogP contribution in [0.5, 0.6) is 5.75 Å². The highest BCUT2D eigenvalue weighted by atomic mass is 19.2. The molecule has 3 aromatic rings. The molecule has 2 atom stereocenters. The molecule has 3 N–H and O–H groups in total. The first-order valence-corrected chi connectivity index (χ1v) is 9.98. The van der Waals surface area contributed by atoms with Crippen molar-refractivity contribution in [3.63, 3.8) is 0 Å². The van der Waals surface area contributed by atoms with E-state index in [1.54, 1.807) is 0 Å². The van der Waals surface area contributed by atoms with E-state index in [0.29, 0.717) is 6.07 Å². The Morgan fingerprint density at radius 3 is 2.33 bits per heavy atom. The number of carbonyl (C=O) groups excluding carboxylic acids is 2. The van der Waals surface area contributed by atoms with Gasteiger partial charge in [-0.15, -0.1) is 0 Å². The summed E-state index contributed by atoms with van der Waals surface area (Å²) in [4.78, 5) is 36.9. The lowest BCUT2D eigenvalue weighted by molar-refractivity contribution is -0.141. The van der Waals surface area contributed by atoms with Gasteiger partial charge in [-0.1, -0.05) is 6.92 Å². The Kier molecular flexibility index (Phi) is 6.48. The van der Waals surface area contributed by atoms with E-state index in [2.05, 4.69) is 5.32 Å². The number of aromatic hydroxyl groups is 1. The van der Waals surface area contributed by atoms with Crippen LogP contribution >= 0.6 is 0 Å². The van der Waals surface area contributed by atoms with Crippen molar-refractivity contribution in [2.45, 2.75) is 26.7 Å². The zero-order chi connectivity index (χ0) is 24.6. The number of nitrogens with zero attached hydrogens (tertiary/aromatic N) is 1. The summed E-state index contributed by atoms with van der Waals surface area (Å²) in [6.07, 6.45) is 0. The van der Waals surface area contributed by atoms with E-state index in [1.807, 2.05) is 0 Å². The summed E-state index contributed by atoms with van der Waals surface area (Å²) in [6.45, 7) is 4.13. The molecular formula is C23H21F3N2O5. The molecule has 0 saturated carbocycles. The highest BCUT2D eigenvalue weighted by Gasteiger charge is 2.30. The third-order valence-corrected chi connectivity index (χ3v) is 5.54. The van der Waals surface area contributed by atoms with Crippen molar-refractivity contribution in [3.8, 4) is 5.75 Å². The summed E-state index contributed by atoms with van der Waals surface area (Å²) in [7, 11) is 0. The number of fused-ring (bicyclic) bond motifs is 1. The maximum atomic E-state index is 15.0. The van der Waals surface area contributed by atoms with Crippen molar-refractivity contribution in [2.75, 3.05) is 6.54 Å². The number of carbonyl (C=O) groups is 3. The maximum Gasteiger partial charge on any atom is 0.308 e. The largest absolute Gasteiger partial charge is 0.505 e. The molecule has 0 aliphatic carbocycles. The number of hydrogen-bond acceptors (Lipinski definition) is 4. The summed E-state index contributed by atoms with van der Waals surface area (Å²) in [5.74, 6) is -8.55. The molecule has 3 rings (SSSR count). The number of amides is 1. The molecule has 1 unspecified atom stereocenters. The third-order valence-electron chi connectivity index (χ3n) is 5.54. The SMILES string of the molecule is Cc1c([C@H](C)C(=O)NCC(C)C(=O)O)c2c(F)c(O)ccc2n1C(=O)c1ccc(F)c(F)c1. The lowest BCUT2D eigenvalue weighted by atomic mass is 9.96. The molecule has 10 heteroatoms. The fourth-order valence-corrected chi connectivity index (χ4v) is 3.65. The van der Waals surface area contributed by atoms with Crippen LogP contribution in [-0.4, -0.2) is 39.1 Å². The molecule has 0 aliphatic rings. The van der Waals surface area contributed by atoms with Crippen LogP contribution in [0.3, 0.4) is 0 Å². The fourth-order valence-electron chi connectivity index (χ4n) is 3.65. The predicted octanol–water partition coefficient (Wildman–Crippen LogP) is 3.70. The lowest BCUT2D eigenvalue weighted by Gasteiger charge is -2.15. The van der Waals surface area contributed by atoms with Crippen LogP contribution in [0.1, 0.15) is 41.4 Å². The van der Waals surface area contributed by atoms with Crippen LogP contribution in [0.15, 0.2) is 30.3 Å². The predicted molar refractivity (Wildman–Crippen MR) is 113 cm³/mol. The van der Waals surface area contributed by atoms with Gasteiger partial charge in [-0.25, -0.2) is 13.2 Å². The maximum absolute atomic E-state index is 15.0. The number of aromatic nitrogens is 1. The third kappa shape index (κ3) is 4.28. The molecule has 2 aromatic carbocycles. The lowest BCUT2D eigenvalue weighted by Crippen LogP contribution is -2.34. The van der Waals surface area contributed by atoms with Gasteiger partial charge in [0, 0.05) is 23.2 Å². The van der Waals surface area contributed by atoms with Gasteiger partial charge in [0.25, 0.3) is 5.91 Å². The number of benzene rings is 2. The van der Waals surface area contributed by atoms with Gasteiger partial charge in [0.05, 0.1) is 17.4 Å². The Bertz CT molecular complexity index is 1290. The Morgan fingerprint density at radius 2 is 1.73 bits per heavy atom. The first-order valence-electron chi connectivity index (χ1n) is 9.98. The van der Waals surface area contributed by atoms with Crippen LogP contribution in [0, 0.1) is 30.3 Å². The summed E-state index contributed by atoms with van der Waals surface area (Å²) in [5, 5.41) is 21.2. The fraction of sp³-hybridized carbons (Fsp3) is 0.261. The molecular weight excluding hydrogens is 441 g/mol. The summed E-state index contributed by atoms with van der Waals surface area (Å²) >= 11 is 0. The van der Waals surface area contributed by atoms with Gasteiger partial charge in [0.1, 0.15) is 0 Å². The first kappa shape index (κ1) is 23.8. The van der Waals surface area contributed by atoms with Crippen molar-refractivity contribution in [1.29, 1.82) is 0 Å². The van der Waals surface area contributed by atoms with E-state index >= 15 is 0 Å². The van der Waals surface area contributed by atoms with E-state index in [4.69, 9.17) is 5.11 Å². The first-order chi connectivity index (χ1) is 15.5. The van der Waals surface area contributed by atoms with Crippen LogP contribution in [-0.2, 0) is 9.59 Å². The summed E-state index contributed by atoms with van der Waals surface area (Å²) in [6, 6.07) is 4.89. The van der Waals surface area contributed by atoms with Crippen LogP contribution in [0.25, 0.3) is 10.9 Å². The van der Waals surface area contributed by atoms with Gasteiger partial charge in [-0.2, -0.15) is 0 Å². The van der Waals surface area contributed by atoms with Gasteiger partial charge < -0.3 is 15.5 Å². The van der Waals surface area contributed by atoms with E-state index in [1.165, 1.54) is 26.8 Å². The molecule has 1 amide bonds. The van der Waals surface area contributed by atoms with E-state index in [9.17, 15) is 32.7 Å². The van der Waals surface area contributed by atoms with Crippen molar-refractivity contribution in [2.24, 2.45) is 5.92 Å². The number of carboxylic acid groups (broad SMARTS) is 1. The van der Waals surface area contributed by atoms with Crippen molar-refractivity contribution < 1.29 is 37.8 Å². The molecule has 7 nitrogen and oxygen atoms in total. The monoisotopic (exact) mass is 462 g/mol. The highest BCUT2D eigenvalue weighted by molar-refractivity contribution is 6.05. The number of rotatable bonds is 6. The number of hydrogen-bond donors (Lipinski definition) is 3. The van der Waals surface area contributed by atoms with Gasteiger partial charge in [-0.3, -0.25) is 19.0 Å². The molecule has 0 radical (unpaired) electrons. The minimum Gasteiger partial charge on any atom is -0.505 e. The topological polar surface area (TPSA) is 109 Å². The number of nitrogens with one attached hydrogen (secondary N) is 1. The normalized spacial score (nSPS) is 13.0. The standard InChI is InChI=1S/C23H21F3N2O5/c1-10(23(32)33)9-27-21(30)11(2)18-12(3)28(16-6-7-17(29)20(26)19(16)18)22(31)13-4-5-14(24)15(25)8-13/h4-8,10-11,29H,9H2,1-3H3,(H,27,30)(H,32,33)/t10?,11-/m0/s1. The molecule has 0 spiro atoms. The van der Waals surface area contributed by atoms with Gasteiger partial charge in [-0.05, 0) is 49.7 Å². The van der Waals surface area contributed by atoms with E-state index in [-0.39, 0.29) is 34.3 Å². The van der Waals surface area contributed by atoms with Gasteiger partial charge in [0.2, 0.25) is 5.91 Å². The molecule has 0 aliphatic heterocycles. The zero-order valence-electron chi connectivity index (χ0n) is 17.9. The Labute approximate surface area is 186 Å². The molecule has 174 valence electrons. The minimum absolute atomic E-state index is 0.0195. The molecule has 33 heavy (non-hydrogen) atoms. The van der Waals surface area contributed by atoms with Crippen molar-refractivity contribution in [1.82, 2.24) is 9.88 Å². The van der Waals surface area contributed by atoms with Crippen LogP contribution in [0.2, 0.25) is 0 Å². The quantitative estimate of drug-likeness (QED) is 0.518. The van der Waals surface area contributed by atoms with Crippen molar-refractivity contribution in [3.05, 3.63) is 64.6 Å². The van der Waals surface area contributed by atoms with E-state index < -0.39 is 52.8 Å². The number of carboxylic acids is 1. The second-order valence-corrected chi connectivity index (χ2v) is 7.77. The Hall–Kier alpha value is -3.82. The molecule has 0 fully saturated rings. The molecule has 0 bridgehead atoms. The Morgan fingerprint density at radius 1 is 1.06 bits per heavy atom. The van der Waals surface area contributed by atoms with Crippen LogP contribution in [0.4, 0.5) is 13.2 Å². The zero-order valence-corrected chi connectivity index (χ0v) is 17.9. The average Bonchev–Trinajstić information content (AvgIpc) is 3.07. The summed E-state index contributed by atoms with van der Waals surface area (Å²) in [5.41, 5.74) is 0.0559. The molecule has 0 saturated heterocycles. The molecule has 1 heterocycles. The highest BCUT2D eigenvalue weighted by Crippen LogP contribution is 2.37. The van der Waals surface area contributed by atoms with E-state index in [0.717, 1.165) is 22.8 Å². The van der Waals surface area contributed by atoms with Gasteiger partial charge >= 0.3 is 5.97 Å². The van der Waals surface area contributed by atoms with Crippen molar-refractivity contribution >= 4 is 28.7 Å². The smallest absolute Gasteiger partial charge is 0.308 e.